The van der Waals surface area contributed by atoms with Crippen LogP contribution >= 0.6 is 11.3 Å². The lowest BCUT2D eigenvalue weighted by atomic mass is 10.1. The van der Waals surface area contributed by atoms with Crippen molar-refractivity contribution < 1.29 is 0 Å². The van der Waals surface area contributed by atoms with Gasteiger partial charge in [-0.15, -0.1) is 11.3 Å². The molecule has 5 heteroatoms. The Hall–Kier alpha value is -2.27. The van der Waals surface area contributed by atoms with Crippen molar-refractivity contribution in [3.63, 3.8) is 0 Å². The molecule has 3 heterocycles. The van der Waals surface area contributed by atoms with Gasteiger partial charge >= 0.3 is 0 Å². The van der Waals surface area contributed by atoms with Crippen LogP contribution in [0.5, 0.6) is 0 Å². The minimum atomic E-state index is 0.834. The monoisotopic (exact) mass is 310 g/mol. The summed E-state index contributed by atoms with van der Waals surface area (Å²) >= 11 is 1.56. The molecule has 0 spiro atoms. The fourth-order valence-electron chi connectivity index (χ4n) is 2.15. The minimum Gasteiger partial charge on any atom is -0.316 e. The first-order chi connectivity index (χ1) is 10.8. The van der Waals surface area contributed by atoms with Crippen LogP contribution in [0.1, 0.15) is 25.3 Å². The molecule has 0 saturated carbocycles. The lowest BCUT2D eigenvalue weighted by Crippen LogP contribution is -1.95. The quantitative estimate of drug-likeness (QED) is 0.718. The minimum absolute atomic E-state index is 0.834. The summed E-state index contributed by atoms with van der Waals surface area (Å²) in [4.78, 5) is 13.3. The van der Waals surface area contributed by atoms with E-state index in [-0.39, 0.29) is 0 Å². The first-order valence-electron chi connectivity index (χ1n) is 7.44. The molecule has 0 unspecified atom stereocenters. The summed E-state index contributed by atoms with van der Waals surface area (Å²) in [6, 6.07) is 10.00. The van der Waals surface area contributed by atoms with E-state index in [2.05, 4.69) is 39.3 Å². The van der Waals surface area contributed by atoms with Crippen molar-refractivity contribution >= 4 is 22.3 Å². The molecule has 0 fully saturated rings. The number of hydrogen-bond acceptors (Lipinski definition) is 5. The van der Waals surface area contributed by atoms with Crippen molar-refractivity contribution in [3.8, 4) is 11.4 Å². The second-order valence-corrected chi connectivity index (χ2v) is 5.89. The maximum Gasteiger partial charge on any atom is 0.188 e. The van der Waals surface area contributed by atoms with Crippen LogP contribution in [0.3, 0.4) is 0 Å². The molecular formula is C17H18N4S. The highest BCUT2D eigenvalue weighted by Gasteiger charge is 2.06. The van der Waals surface area contributed by atoms with Crippen LogP contribution in [-0.4, -0.2) is 15.0 Å². The van der Waals surface area contributed by atoms with Gasteiger partial charge in [-0.1, -0.05) is 19.4 Å². The zero-order valence-corrected chi connectivity index (χ0v) is 13.3. The Balaban J connectivity index is 1.72. The third-order valence-electron chi connectivity index (χ3n) is 3.31. The SMILES string of the molecule is CCCCc1ccnc(Nc2nc(-c3ccccn3)cs2)c1. The van der Waals surface area contributed by atoms with Crippen LogP contribution in [0.25, 0.3) is 11.4 Å². The zero-order valence-electron chi connectivity index (χ0n) is 12.5. The molecule has 0 radical (unpaired) electrons. The first kappa shape index (κ1) is 14.7. The van der Waals surface area contributed by atoms with Gasteiger partial charge in [0.2, 0.25) is 0 Å². The van der Waals surface area contributed by atoms with Crippen LogP contribution in [0.4, 0.5) is 10.9 Å². The van der Waals surface area contributed by atoms with E-state index in [1.807, 2.05) is 29.8 Å². The molecule has 3 aromatic heterocycles. The van der Waals surface area contributed by atoms with Gasteiger partial charge in [-0.2, -0.15) is 0 Å². The molecule has 0 amide bonds. The van der Waals surface area contributed by atoms with Crippen molar-refractivity contribution in [1.29, 1.82) is 0 Å². The lowest BCUT2D eigenvalue weighted by molar-refractivity contribution is 0.794. The fourth-order valence-corrected chi connectivity index (χ4v) is 2.86. The van der Waals surface area contributed by atoms with E-state index in [0.717, 1.165) is 28.8 Å². The Kier molecular flexibility index (Phi) is 4.75. The van der Waals surface area contributed by atoms with Crippen LogP contribution in [0, 0.1) is 0 Å². The summed E-state index contributed by atoms with van der Waals surface area (Å²) in [5.41, 5.74) is 3.08. The molecule has 22 heavy (non-hydrogen) atoms. The van der Waals surface area contributed by atoms with Crippen LogP contribution < -0.4 is 5.32 Å². The lowest BCUT2D eigenvalue weighted by Gasteiger charge is -2.04. The number of rotatable bonds is 6. The predicted molar refractivity (Wildman–Crippen MR) is 91.5 cm³/mol. The van der Waals surface area contributed by atoms with Crippen molar-refractivity contribution in [3.05, 3.63) is 53.7 Å². The highest BCUT2D eigenvalue weighted by molar-refractivity contribution is 7.14. The molecule has 1 N–H and O–H groups in total. The van der Waals surface area contributed by atoms with E-state index in [0.29, 0.717) is 0 Å². The van der Waals surface area contributed by atoms with Gasteiger partial charge < -0.3 is 5.32 Å². The second-order valence-electron chi connectivity index (χ2n) is 5.03. The summed E-state index contributed by atoms with van der Waals surface area (Å²) in [7, 11) is 0. The van der Waals surface area contributed by atoms with Gasteiger partial charge in [0, 0.05) is 17.8 Å². The van der Waals surface area contributed by atoms with Gasteiger partial charge in [-0.25, -0.2) is 9.97 Å². The number of unbranched alkanes of at least 4 members (excludes halogenated alkanes) is 1. The van der Waals surface area contributed by atoms with E-state index in [1.165, 1.54) is 18.4 Å². The summed E-state index contributed by atoms with van der Waals surface area (Å²) in [6.07, 6.45) is 7.11. The van der Waals surface area contributed by atoms with Crippen molar-refractivity contribution in [2.75, 3.05) is 5.32 Å². The average Bonchev–Trinajstić information content (AvgIpc) is 3.03. The Morgan fingerprint density at radius 3 is 2.86 bits per heavy atom. The van der Waals surface area contributed by atoms with Crippen molar-refractivity contribution in [2.45, 2.75) is 26.2 Å². The Labute approximate surface area is 134 Å². The number of hydrogen-bond donors (Lipinski definition) is 1. The summed E-state index contributed by atoms with van der Waals surface area (Å²) < 4.78 is 0. The maximum absolute atomic E-state index is 4.57. The summed E-state index contributed by atoms with van der Waals surface area (Å²) in [5, 5.41) is 6.12. The first-order valence-corrected chi connectivity index (χ1v) is 8.32. The molecule has 0 aliphatic carbocycles. The van der Waals surface area contributed by atoms with Gasteiger partial charge in [0.15, 0.2) is 5.13 Å². The molecule has 0 aromatic carbocycles. The van der Waals surface area contributed by atoms with E-state index >= 15 is 0 Å². The van der Waals surface area contributed by atoms with E-state index in [4.69, 9.17) is 0 Å². The second kappa shape index (κ2) is 7.13. The molecular weight excluding hydrogens is 292 g/mol. The molecule has 0 aliphatic rings. The standard InChI is InChI=1S/C17H18N4S/c1-2-3-6-13-8-10-19-16(11-13)21-17-20-15(12-22-17)14-7-4-5-9-18-14/h4-5,7-12H,2-3,6H2,1H3,(H,19,20,21). The smallest absolute Gasteiger partial charge is 0.188 e. The van der Waals surface area contributed by atoms with Gasteiger partial charge in [0.25, 0.3) is 0 Å². The van der Waals surface area contributed by atoms with Gasteiger partial charge in [-0.05, 0) is 42.7 Å². The Bertz CT molecular complexity index is 724. The molecule has 0 bridgehead atoms. The Morgan fingerprint density at radius 2 is 2.05 bits per heavy atom. The number of nitrogens with zero attached hydrogens (tertiary/aromatic N) is 3. The van der Waals surface area contributed by atoms with Crippen LogP contribution in [-0.2, 0) is 6.42 Å². The fraction of sp³-hybridized carbons (Fsp3) is 0.235. The van der Waals surface area contributed by atoms with Gasteiger partial charge in [0.05, 0.1) is 5.69 Å². The maximum atomic E-state index is 4.57. The summed E-state index contributed by atoms with van der Waals surface area (Å²) in [6.45, 7) is 2.20. The molecule has 0 atom stereocenters. The third-order valence-corrected chi connectivity index (χ3v) is 4.07. The predicted octanol–water partition coefficient (Wildman–Crippen LogP) is 4.69. The topological polar surface area (TPSA) is 50.7 Å². The molecule has 3 rings (SSSR count). The number of anilines is 2. The van der Waals surface area contributed by atoms with Crippen LogP contribution in [0.15, 0.2) is 48.1 Å². The normalized spacial score (nSPS) is 10.6. The van der Waals surface area contributed by atoms with Crippen LogP contribution in [0.2, 0.25) is 0 Å². The van der Waals surface area contributed by atoms with E-state index in [1.54, 1.807) is 17.5 Å². The molecule has 112 valence electrons. The average molecular weight is 310 g/mol. The molecule has 0 aliphatic heterocycles. The number of aryl methyl sites for hydroxylation is 1. The van der Waals surface area contributed by atoms with Gasteiger partial charge in [0.1, 0.15) is 11.5 Å². The number of aromatic nitrogens is 3. The highest BCUT2D eigenvalue weighted by Crippen LogP contribution is 2.25. The zero-order chi connectivity index (χ0) is 15.2. The number of thiazole rings is 1. The largest absolute Gasteiger partial charge is 0.316 e. The number of pyridine rings is 2. The summed E-state index contributed by atoms with van der Waals surface area (Å²) in [5.74, 6) is 0.843. The van der Waals surface area contributed by atoms with Crippen molar-refractivity contribution in [1.82, 2.24) is 15.0 Å². The van der Waals surface area contributed by atoms with Crippen molar-refractivity contribution in [2.24, 2.45) is 0 Å². The Morgan fingerprint density at radius 1 is 1.09 bits per heavy atom. The molecule has 4 nitrogen and oxygen atoms in total. The van der Waals surface area contributed by atoms with E-state index < -0.39 is 0 Å². The molecule has 0 saturated heterocycles. The van der Waals surface area contributed by atoms with E-state index in [9.17, 15) is 0 Å². The van der Waals surface area contributed by atoms with Gasteiger partial charge in [-0.3, -0.25) is 4.98 Å². The highest BCUT2D eigenvalue weighted by atomic mass is 32.1. The number of nitrogens with one attached hydrogen (secondary N) is 1. The molecule has 3 aromatic rings. The third kappa shape index (κ3) is 3.68.